The van der Waals surface area contributed by atoms with Crippen molar-refractivity contribution in [2.75, 3.05) is 0 Å². The molecule has 0 aliphatic carbocycles. The number of benzene rings is 4. The van der Waals surface area contributed by atoms with Gasteiger partial charge in [-0.15, -0.1) is 0 Å². The normalized spacial score (nSPS) is 11.8. The van der Waals surface area contributed by atoms with Gasteiger partial charge in [0.25, 0.3) is 0 Å². The van der Waals surface area contributed by atoms with Crippen molar-refractivity contribution in [2.24, 2.45) is 0 Å². The summed E-state index contributed by atoms with van der Waals surface area (Å²) < 4.78 is 24.7. The van der Waals surface area contributed by atoms with Crippen LogP contribution in [0.3, 0.4) is 0 Å². The molecule has 2 aliphatic heterocycles. The van der Waals surface area contributed by atoms with E-state index in [2.05, 4.69) is 9.97 Å². The van der Waals surface area contributed by atoms with E-state index in [0.29, 0.717) is 56.7 Å². The van der Waals surface area contributed by atoms with E-state index in [1.165, 1.54) is 0 Å². The van der Waals surface area contributed by atoms with Crippen LogP contribution in [0.15, 0.2) is 95.9 Å². The number of hydrogen-bond donors (Lipinski definition) is 3. The number of aromatic nitrogens is 8. The summed E-state index contributed by atoms with van der Waals surface area (Å²) >= 11 is 0. The number of rotatable bonds is 1. The maximum atomic E-state index is 12.4. The van der Waals surface area contributed by atoms with Gasteiger partial charge < -0.3 is 9.97 Å². The van der Waals surface area contributed by atoms with Gasteiger partial charge in [-0.25, -0.2) is 38.3 Å². The minimum atomic E-state index is -2.92. The standard InChI is InChI=1S/C32H18N8O2S.Fe/c41-43(42)23-15-7-14-22-24(23)32-39-30-21-13-6-5-12-20(21)28(37-30)35-26-17-9-2-1-8-16(17)25(33-26)34-27-18-10-3-4-11-19(18)29(36-27)38-31(22)40-32;/h1-15,43H,(H2,33,34,35,36,37,38,39,40);. The first-order chi connectivity index (χ1) is 21.1. The SMILES string of the molecule is O=[SH](=O)c1cccc2c3nc4nc(nc5[nH]c(nc6nc(nc([nH]3)c12)-c1ccccc1-6)c1ccccc51)-c1ccccc1-4.[Fe]. The maximum absolute atomic E-state index is 12.4. The molecule has 0 spiro atoms. The summed E-state index contributed by atoms with van der Waals surface area (Å²) in [5, 5.41) is 2.83. The molecule has 212 valence electrons. The molecule has 0 unspecified atom stereocenters. The molecule has 44 heavy (non-hydrogen) atoms. The predicted octanol–water partition coefficient (Wildman–Crippen LogP) is 5.84. The third kappa shape index (κ3) is 3.89. The largest absolute Gasteiger partial charge is 0.324 e. The Balaban J connectivity index is 0.00000289. The summed E-state index contributed by atoms with van der Waals surface area (Å²) in [7, 11) is -2.92. The summed E-state index contributed by atoms with van der Waals surface area (Å²) in [6.07, 6.45) is 0. The zero-order chi connectivity index (χ0) is 28.7. The monoisotopic (exact) mass is 634 g/mol. The molecule has 9 rings (SSSR count). The van der Waals surface area contributed by atoms with Crippen LogP contribution in [0.5, 0.6) is 0 Å². The summed E-state index contributed by atoms with van der Waals surface area (Å²) in [6, 6.07) is 28.4. The second-order valence-corrected chi connectivity index (χ2v) is 11.2. The minimum absolute atomic E-state index is 0. The Labute approximate surface area is 260 Å². The molecule has 0 saturated heterocycles. The first-order valence-electron chi connectivity index (χ1n) is 13.5. The Morgan fingerprint density at radius 2 is 0.818 bits per heavy atom. The Bertz CT molecular complexity index is 2580. The van der Waals surface area contributed by atoms with E-state index in [4.69, 9.17) is 29.9 Å². The number of fused-ring (bicyclic) bond motifs is 20. The summed E-state index contributed by atoms with van der Waals surface area (Å²) in [6.45, 7) is 0. The summed E-state index contributed by atoms with van der Waals surface area (Å²) in [5.41, 5.74) is 5.23. The second-order valence-electron chi connectivity index (χ2n) is 10.2. The van der Waals surface area contributed by atoms with Crippen molar-refractivity contribution < 1.29 is 25.5 Å². The van der Waals surface area contributed by atoms with E-state index in [1.54, 1.807) is 12.1 Å². The van der Waals surface area contributed by atoms with Crippen LogP contribution in [0.1, 0.15) is 0 Å². The number of thiol groups is 1. The zero-order valence-electron chi connectivity index (χ0n) is 22.5. The number of nitrogens with zero attached hydrogens (tertiary/aromatic N) is 6. The van der Waals surface area contributed by atoms with Gasteiger partial charge in [0.15, 0.2) is 34.0 Å². The summed E-state index contributed by atoms with van der Waals surface area (Å²) in [4.78, 5) is 36.2. The number of nitrogens with one attached hydrogen (secondary N) is 2. The van der Waals surface area contributed by atoms with Crippen LogP contribution in [0, 0.1) is 0 Å². The fraction of sp³-hybridized carbons (Fsp3) is 0. The second kappa shape index (κ2) is 9.88. The van der Waals surface area contributed by atoms with Crippen molar-refractivity contribution in [1.29, 1.82) is 0 Å². The van der Waals surface area contributed by atoms with E-state index in [-0.39, 0.29) is 22.0 Å². The average molecular weight is 634 g/mol. The molecule has 2 N–H and O–H groups in total. The van der Waals surface area contributed by atoms with Gasteiger partial charge >= 0.3 is 0 Å². The van der Waals surface area contributed by atoms with Crippen LogP contribution >= 0.6 is 0 Å². The predicted molar refractivity (Wildman–Crippen MR) is 165 cm³/mol. The Morgan fingerprint density at radius 3 is 1.30 bits per heavy atom. The zero-order valence-corrected chi connectivity index (χ0v) is 24.5. The van der Waals surface area contributed by atoms with Crippen LogP contribution in [-0.2, 0) is 27.8 Å². The van der Waals surface area contributed by atoms with Gasteiger partial charge in [-0.2, -0.15) is 0 Å². The van der Waals surface area contributed by atoms with Crippen LogP contribution in [0.4, 0.5) is 0 Å². The van der Waals surface area contributed by atoms with E-state index in [9.17, 15) is 8.42 Å². The van der Waals surface area contributed by atoms with Crippen LogP contribution < -0.4 is 0 Å². The molecule has 0 atom stereocenters. The molecule has 2 aliphatic rings. The van der Waals surface area contributed by atoms with Gasteiger partial charge in [0.1, 0.15) is 22.6 Å². The van der Waals surface area contributed by atoms with Crippen molar-refractivity contribution in [2.45, 2.75) is 4.90 Å². The number of aromatic amines is 2. The topological polar surface area (TPSA) is 143 Å². The van der Waals surface area contributed by atoms with Gasteiger partial charge in [0.2, 0.25) is 0 Å². The van der Waals surface area contributed by atoms with Crippen molar-refractivity contribution in [3.05, 3.63) is 91.0 Å². The van der Waals surface area contributed by atoms with Crippen LogP contribution in [0.2, 0.25) is 0 Å². The van der Waals surface area contributed by atoms with Crippen LogP contribution in [-0.4, -0.2) is 48.3 Å². The van der Waals surface area contributed by atoms with Gasteiger partial charge in [0, 0.05) is 60.9 Å². The molecule has 4 aromatic carbocycles. The first-order valence-corrected chi connectivity index (χ1v) is 14.7. The van der Waals surface area contributed by atoms with Gasteiger partial charge in [-0.3, -0.25) is 0 Å². The number of H-pyrrole nitrogens is 2. The quantitative estimate of drug-likeness (QED) is 0.151. The fourth-order valence-corrected chi connectivity index (χ4v) is 6.44. The van der Waals surface area contributed by atoms with E-state index >= 15 is 0 Å². The minimum Gasteiger partial charge on any atom is -0.324 e. The smallest absolute Gasteiger partial charge is 0.169 e. The fourth-order valence-electron chi connectivity index (χ4n) is 5.82. The molecule has 0 saturated carbocycles. The average Bonchev–Trinajstić information content (AvgIpc) is 3.76. The molecule has 0 radical (unpaired) electrons. The summed E-state index contributed by atoms with van der Waals surface area (Å²) in [5.74, 6) is 1.85. The molecular weight excluding hydrogens is 616 g/mol. The van der Waals surface area contributed by atoms with Crippen molar-refractivity contribution in [3.63, 3.8) is 0 Å². The van der Waals surface area contributed by atoms with Crippen molar-refractivity contribution in [1.82, 2.24) is 39.9 Å². The Morgan fingerprint density at radius 1 is 0.432 bits per heavy atom. The van der Waals surface area contributed by atoms with E-state index in [1.807, 2.05) is 78.9 Å². The molecular formula is C32H18FeN8O2S. The molecule has 12 heteroatoms. The molecule has 0 amide bonds. The molecule has 3 aromatic heterocycles. The van der Waals surface area contributed by atoms with Gasteiger partial charge in [-0.05, 0) is 6.07 Å². The Hall–Kier alpha value is -5.29. The molecule has 0 fully saturated rings. The first kappa shape index (κ1) is 26.3. The Kier molecular flexibility index (Phi) is 5.92. The van der Waals surface area contributed by atoms with Gasteiger partial charge in [0.05, 0.1) is 4.90 Å². The van der Waals surface area contributed by atoms with Crippen LogP contribution in [0.25, 0.3) is 89.7 Å². The maximum Gasteiger partial charge on any atom is 0.169 e. The molecule has 10 nitrogen and oxygen atoms in total. The molecule has 5 heterocycles. The van der Waals surface area contributed by atoms with Crippen molar-refractivity contribution >= 4 is 54.8 Å². The van der Waals surface area contributed by atoms with E-state index in [0.717, 1.165) is 33.0 Å². The molecule has 7 aromatic rings. The van der Waals surface area contributed by atoms with Gasteiger partial charge in [-0.1, -0.05) is 84.9 Å². The third-order valence-electron chi connectivity index (χ3n) is 7.75. The van der Waals surface area contributed by atoms with E-state index < -0.39 is 10.7 Å². The van der Waals surface area contributed by atoms with Crippen molar-refractivity contribution in [3.8, 4) is 45.6 Å². The molecule has 8 bridgehead atoms. The third-order valence-corrected chi connectivity index (χ3v) is 8.52. The number of hydrogen-bond acceptors (Lipinski definition) is 8.